The lowest BCUT2D eigenvalue weighted by molar-refractivity contribution is -0.384. The Kier molecular flexibility index (Phi) is 5.58. The van der Waals surface area contributed by atoms with Crippen LogP contribution < -0.4 is 16.0 Å². The number of nitrogens with one attached hydrogen (secondary N) is 1. The number of halogens is 1. The Labute approximate surface area is 179 Å². The summed E-state index contributed by atoms with van der Waals surface area (Å²) >= 11 is 0. The summed E-state index contributed by atoms with van der Waals surface area (Å²) < 4.78 is 20.1. The lowest BCUT2D eigenvalue weighted by Gasteiger charge is -2.10. The van der Waals surface area contributed by atoms with Crippen molar-refractivity contribution in [3.8, 4) is 5.75 Å². The average molecular weight is 434 g/mol. The molecule has 1 N–H and O–H groups in total. The van der Waals surface area contributed by atoms with E-state index in [2.05, 4.69) is 10.1 Å². The van der Waals surface area contributed by atoms with Crippen molar-refractivity contribution in [3.05, 3.63) is 115 Å². The van der Waals surface area contributed by atoms with E-state index in [0.29, 0.717) is 10.2 Å². The van der Waals surface area contributed by atoms with E-state index < -0.39 is 22.0 Å². The molecule has 0 saturated carbocycles. The number of benzene rings is 3. The van der Waals surface area contributed by atoms with E-state index in [1.807, 2.05) is 0 Å². The van der Waals surface area contributed by atoms with Crippen molar-refractivity contribution in [1.82, 2.24) is 9.66 Å². The summed E-state index contributed by atoms with van der Waals surface area (Å²) in [6.07, 6.45) is 1.11. The number of hydrogen-bond donors (Lipinski definition) is 1. The number of nitro groups is 1. The third kappa shape index (κ3) is 4.15. The zero-order chi connectivity index (χ0) is 22.7. The number of rotatable bonds is 6. The van der Waals surface area contributed by atoms with Crippen molar-refractivity contribution in [2.45, 2.75) is 6.61 Å². The minimum absolute atomic E-state index is 0.134. The van der Waals surface area contributed by atoms with Crippen LogP contribution in [0.1, 0.15) is 11.1 Å². The first-order valence-electron chi connectivity index (χ1n) is 9.37. The molecule has 1 heterocycles. The van der Waals surface area contributed by atoms with Gasteiger partial charge in [-0.2, -0.15) is 5.10 Å². The van der Waals surface area contributed by atoms with Gasteiger partial charge in [0.15, 0.2) is 0 Å². The van der Waals surface area contributed by atoms with Crippen molar-refractivity contribution < 1.29 is 14.1 Å². The van der Waals surface area contributed by atoms with Gasteiger partial charge in [-0.3, -0.25) is 14.9 Å². The first-order chi connectivity index (χ1) is 15.4. The molecule has 0 aliphatic heterocycles. The Bertz CT molecular complexity index is 1480. The molecule has 32 heavy (non-hydrogen) atoms. The Morgan fingerprint density at radius 1 is 1.09 bits per heavy atom. The van der Waals surface area contributed by atoms with Crippen LogP contribution in [0.5, 0.6) is 5.75 Å². The summed E-state index contributed by atoms with van der Waals surface area (Å²) in [5, 5.41) is 15.3. The highest BCUT2D eigenvalue weighted by atomic mass is 19.1. The van der Waals surface area contributed by atoms with Gasteiger partial charge in [-0.05, 0) is 24.3 Å². The first-order valence-corrected chi connectivity index (χ1v) is 9.37. The smallest absolute Gasteiger partial charge is 0.349 e. The fraction of sp³-hybridized carbons (Fsp3) is 0.0455. The van der Waals surface area contributed by atoms with Crippen LogP contribution in [-0.2, 0) is 6.61 Å². The van der Waals surface area contributed by atoms with E-state index in [1.54, 1.807) is 36.4 Å². The lowest BCUT2D eigenvalue weighted by atomic mass is 10.2. The van der Waals surface area contributed by atoms with Crippen LogP contribution in [0.25, 0.3) is 10.9 Å². The predicted octanol–water partition coefficient (Wildman–Crippen LogP) is 3.20. The Balaban J connectivity index is 1.73. The number of nitrogens with zero attached hydrogens (tertiary/aromatic N) is 3. The van der Waals surface area contributed by atoms with E-state index in [0.717, 1.165) is 6.21 Å². The number of aromatic amines is 1. The van der Waals surface area contributed by atoms with Gasteiger partial charge < -0.3 is 9.72 Å². The van der Waals surface area contributed by atoms with Crippen LogP contribution in [0.15, 0.2) is 81.4 Å². The van der Waals surface area contributed by atoms with Crippen molar-refractivity contribution >= 4 is 22.8 Å². The Hall–Kier alpha value is -4.60. The number of nitro benzene ring substituents is 1. The van der Waals surface area contributed by atoms with E-state index in [9.17, 15) is 24.1 Å². The van der Waals surface area contributed by atoms with Gasteiger partial charge in [0.25, 0.3) is 11.2 Å². The maximum Gasteiger partial charge on any atom is 0.349 e. The molecule has 10 heteroatoms. The fourth-order valence-electron chi connectivity index (χ4n) is 3.03. The third-order valence-electron chi connectivity index (χ3n) is 4.64. The van der Waals surface area contributed by atoms with Crippen LogP contribution in [-0.4, -0.2) is 20.8 Å². The van der Waals surface area contributed by atoms with Gasteiger partial charge in [0.2, 0.25) is 0 Å². The standard InChI is InChI=1S/C22H15FN4O5/c23-18-7-3-1-5-14(18)13-32-20-10-9-16(27(30)31)11-15(20)12-24-26-21(28)17-6-2-4-8-19(17)25-22(26)29/h1-12H,13H2,(H,25,29). The maximum absolute atomic E-state index is 13.9. The molecule has 0 aliphatic rings. The second kappa shape index (κ2) is 8.64. The van der Waals surface area contributed by atoms with Crippen molar-refractivity contribution in [3.63, 3.8) is 0 Å². The van der Waals surface area contributed by atoms with Crippen molar-refractivity contribution in [2.24, 2.45) is 5.10 Å². The zero-order valence-corrected chi connectivity index (χ0v) is 16.4. The molecule has 0 saturated heterocycles. The second-order valence-electron chi connectivity index (χ2n) is 6.70. The molecule has 0 aliphatic carbocycles. The van der Waals surface area contributed by atoms with E-state index >= 15 is 0 Å². The molecule has 0 fully saturated rings. The maximum atomic E-state index is 13.9. The molecule has 0 atom stereocenters. The molecule has 0 spiro atoms. The normalized spacial score (nSPS) is 11.2. The second-order valence-corrected chi connectivity index (χ2v) is 6.70. The number of para-hydroxylation sites is 1. The van der Waals surface area contributed by atoms with Crippen LogP contribution in [0.4, 0.5) is 10.1 Å². The minimum atomic E-state index is -0.774. The minimum Gasteiger partial charge on any atom is -0.488 e. The SMILES string of the molecule is O=c1[nH]c2ccccc2c(=O)n1N=Cc1cc([N+](=O)[O-])ccc1OCc1ccccc1F. The molecule has 4 aromatic rings. The average Bonchev–Trinajstić information content (AvgIpc) is 2.78. The zero-order valence-electron chi connectivity index (χ0n) is 16.4. The molecule has 4 rings (SSSR count). The lowest BCUT2D eigenvalue weighted by Crippen LogP contribution is -2.32. The van der Waals surface area contributed by atoms with E-state index in [4.69, 9.17) is 4.74 Å². The number of aromatic nitrogens is 2. The van der Waals surface area contributed by atoms with Gasteiger partial charge in [0, 0.05) is 23.3 Å². The number of non-ortho nitro benzene ring substituents is 1. The summed E-state index contributed by atoms with van der Waals surface area (Å²) in [4.78, 5) is 38.0. The molecule has 0 bridgehead atoms. The Morgan fingerprint density at radius 3 is 2.62 bits per heavy atom. The molecule has 3 aromatic carbocycles. The molecule has 0 unspecified atom stereocenters. The summed E-state index contributed by atoms with van der Waals surface area (Å²) in [6, 6.07) is 16.2. The summed E-state index contributed by atoms with van der Waals surface area (Å²) in [5.41, 5.74) is -0.891. The molecule has 9 nitrogen and oxygen atoms in total. The first kappa shape index (κ1) is 20.7. The van der Waals surface area contributed by atoms with Crippen molar-refractivity contribution in [2.75, 3.05) is 0 Å². The van der Waals surface area contributed by atoms with Gasteiger partial charge >= 0.3 is 5.69 Å². The summed E-state index contributed by atoms with van der Waals surface area (Å²) in [7, 11) is 0. The van der Waals surface area contributed by atoms with Crippen molar-refractivity contribution in [1.29, 1.82) is 0 Å². The van der Waals surface area contributed by atoms with Crippen LogP contribution in [0, 0.1) is 15.9 Å². The van der Waals surface area contributed by atoms with Crippen LogP contribution >= 0.6 is 0 Å². The van der Waals surface area contributed by atoms with Gasteiger partial charge in [-0.1, -0.05) is 30.3 Å². The topological polar surface area (TPSA) is 120 Å². The van der Waals surface area contributed by atoms with Gasteiger partial charge in [-0.15, -0.1) is 4.68 Å². The molecule has 1 aromatic heterocycles. The molecule has 0 radical (unpaired) electrons. The largest absolute Gasteiger partial charge is 0.488 e. The van der Waals surface area contributed by atoms with Gasteiger partial charge in [-0.25, -0.2) is 9.18 Å². The molecular weight excluding hydrogens is 419 g/mol. The van der Waals surface area contributed by atoms with E-state index in [-0.39, 0.29) is 34.6 Å². The molecular formula is C22H15FN4O5. The number of fused-ring (bicyclic) bond motifs is 1. The predicted molar refractivity (Wildman–Crippen MR) is 116 cm³/mol. The molecule has 160 valence electrons. The highest BCUT2D eigenvalue weighted by Gasteiger charge is 2.13. The number of hydrogen-bond acceptors (Lipinski definition) is 6. The quantitative estimate of drug-likeness (QED) is 0.284. The summed E-state index contributed by atoms with van der Waals surface area (Å²) in [5.74, 6) is -0.299. The monoisotopic (exact) mass is 434 g/mol. The Morgan fingerprint density at radius 2 is 1.84 bits per heavy atom. The number of ether oxygens (including phenoxy) is 1. The molecule has 0 amide bonds. The van der Waals surface area contributed by atoms with Gasteiger partial charge in [0.05, 0.1) is 22.0 Å². The third-order valence-corrected chi connectivity index (χ3v) is 4.64. The summed E-state index contributed by atoms with van der Waals surface area (Å²) in [6.45, 7) is -0.137. The highest BCUT2D eigenvalue weighted by Crippen LogP contribution is 2.24. The van der Waals surface area contributed by atoms with Gasteiger partial charge in [0.1, 0.15) is 18.2 Å². The fourth-order valence-corrected chi connectivity index (χ4v) is 3.03. The van der Waals surface area contributed by atoms with E-state index in [1.165, 1.54) is 30.3 Å². The van der Waals surface area contributed by atoms with Crippen LogP contribution in [0.3, 0.4) is 0 Å². The van der Waals surface area contributed by atoms with Crippen LogP contribution in [0.2, 0.25) is 0 Å². The highest BCUT2D eigenvalue weighted by molar-refractivity contribution is 5.85. The number of H-pyrrole nitrogens is 1.